The highest BCUT2D eigenvalue weighted by Crippen LogP contribution is 2.38. The van der Waals surface area contributed by atoms with E-state index in [9.17, 15) is 38.4 Å². The molecule has 5 unspecified atom stereocenters. The number of likely N-dealkylation sites (tertiary alicyclic amines) is 2. The highest BCUT2D eigenvalue weighted by Gasteiger charge is 2.35. The van der Waals surface area contributed by atoms with Gasteiger partial charge < -0.3 is 19.6 Å². The van der Waals surface area contributed by atoms with Gasteiger partial charge in [0, 0.05) is 126 Å². The predicted octanol–water partition coefficient (Wildman–Crippen LogP) is 19.6. The Morgan fingerprint density at radius 1 is 0.387 bits per heavy atom. The Labute approximate surface area is 576 Å². The molecule has 3 aliphatic carbocycles. The molecule has 0 N–H and O–H groups in total. The molecule has 4 amide bonds. The lowest BCUT2D eigenvalue weighted by molar-refractivity contribution is -0.139. The van der Waals surface area contributed by atoms with Crippen LogP contribution in [0, 0.1) is 106 Å². The Bertz CT molecular complexity index is 1980. The van der Waals surface area contributed by atoms with Gasteiger partial charge in [-0.2, -0.15) is 0 Å². The van der Waals surface area contributed by atoms with Gasteiger partial charge in [-0.1, -0.05) is 206 Å². The van der Waals surface area contributed by atoms with Crippen LogP contribution in [0.2, 0.25) is 0 Å². The fourth-order valence-corrected chi connectivity index (χ4v) is 10.0. The van der Waals surface area contributed by atoms with Gasteiger partial charge in [0.2, 0.25) is 23.6 Å². The molecule has 548 valence electrons. The van der Waals surface area contributed by atoms with E-state index < -0.39 is 0 Å². The van der Waals surface area contributed by atoms with Crippen LogP contribution in [-0.2, 0) is 38.4 Å². The molecule has 93 heavy (non-hydrogen) atoms. The van der Waals surface area contributed by atoms with Crippen LogP contribution in [0.5, 0.6) is 0 Å². The molecule has 0 aromatic heterocycles. The maximum atomic E-state index is 11.8. The van der Waals surface area contributed by atoms with Crippen molar-refractivity contribution in [1.29, 1.82) is 0 Å². The summed E-state index contributed by atoms with van der Waals surface area (Å²) in [5.41, 5.74) is -0.109. The third-order valence-electron chi connectivity index (χ3n) is 20.7. The van der Waals surface area contributed by atoms with Crippen molar-refractivity contribution in [3.8, 4) is 0 Å². The molecule has 5 rings (SSSR count). The molecule has 0 bridgehead atoms. The van der Waals surface area contributed by atoms with Crippen molar-refractivity contribution < 1.29 is 38.4 Å². The van der Waals surface area contributed by atoms with Gasteiger partial charge in [0.15, 0.2) is 0 Å². The summed E-state index contributed by atoms with van der Waals surface area (Å²) in [6.07, 6.45) is 19.6. The van der Waals surface area contributed by atoms with Crippen LogP contribution in [0.4, 0.5) is 0 Å². The number of rotatable bonds is 26. The van der Waals surface area contributed by atoms with Crippen molar-refractivity contribution in [1.82, 2.24) is 19.6 Å². The van der Waals surface area contributed by atoms with Gasteiger partial charge in [-0.25, -0.2) is 0 Å². The van der Waals surface area contributed by atoms with E-state index in [0.717, 1.165) is 76.5 Å². The average molecular weight is 1310 g/mol. The van der Waals surface area contributed by atoms with Crippen LogP contribution >= 0.6 is 0 Å². The molecule has 5 aliphatic rings. The molecule has 5 atom stereocenters. The number of carbonyl (C=O) groups excluding carboxylic acids is 8. The first-order chi connectivity index (χ1) is 42.8. The molecule has 2 aliphatic heterocycles. The highest BCUT2D eigenvalue weighted by atomic mass is 16.2. The summed E-state index contributed by atoms with van der Waals surface area (Å²) < 4.78 is 0. The number of amides is 4. The Morgan fingerprint density at radius 3 is 1.05 bits per heavy atom. The molecule has 0 aromatic rings. The minimum Gasteiger partial charge on any atom is -0.343 e. The van der Waals surface area contributed by atoms with Crippen LogP contribution in [0.15, 0.2) is 0 Å². The summed E-state index contributed by atoms with van der Waals surface area (Å²) in [4.78, 5) is 100. The van der Waals surface area contributed by atoms with Gasteiger partial charge >= 0.3 is 0 Å². The third-order valence-corrected chi connectivity index (χ3v) is 20.7. The zero-order valence-electron chi connectivity index (χ0n) is 67.1. The Hall–Kier alpha value is -3.44. The minimum atomic E-state index is -0.109. The first-order valence-corrected chi connectivity index (χ1v) is 38.0. The van der Waals surface area contributed by atoms with Crippen LogP contribution in [0.1, 0.15) is 316 Å². The van der Waals surface area contributed by atoms with Crippen LogP contribution in [0.3, 0.4) is 0 Å². The normalized spacial score (nSPS) is 17.1. The van der Waals surface area contributed by atoms with Gasteiger partial charge in [-0.15, -0.1) is 0 Å². The number of Topliss-reactive ketones (excluding diaryl/α,β-unsaturated/α-hetero) is 4. The Kier molecular flexibility index (Phi) is 49.5. The molecule has 0 radical (unpaired) electrons. The van der Waals surface area contributed by atoms with E-state index in [1.54, 1.807) is 0 Å². The van der Waals surface area contributed by atoms with E-state index in [1.165, 1.54) is 77.0 Å². The van der Waals surface area contributed by atoms with E-state index in [1.807, 2.05) is 75.2 Å². The SMILES string of the molecule is CC(C)C(C)(C)C(=O)CC1CC1.CC(C)C(C)C(=O)CC1CCC1.CC(C)C(C)C(=O)N(C)C(C)C.CC(C)C(C)C(=O)N(C)C1CCC1.CC(C)C(C)C(=O)N1CCCC1.CC(C)CC(=O)C(C)C(C)C.CC(C)CC(=O)CC(C)C.CC(C)CC(=O)N1CCCC1. The third kappa shape index (κ3) is 42.1. The molecule has 2 heterocycles. The topological polar surface area (TPSA) is 150 Å². The van der Waals surface area contributed by atoms with Crippen molar-refractivity contribution in [3.05, 3.63) is 0 Å². The molecule has 0 spiro atoms. The lowest BCUT2D eigenvalue weighted by atomic mass is 9.76. The molecular formula is C81H156N4O8. The van der Waals surface area contributed by atoms with E-state index in [4.69, 9.17) is 0 Å². The predicted molar refractivity (Wildman–Crippen MR) is 396 cm³/mol. The van der Waals surface area contributed by atoms with E-state index in [2.05, 4.69) is 159 Å². The quantitative estimate of drug-likeness (QED) is 0.0831. The monoisotopic (exact) mass is 1310 g/mol. The first-order valence-electron chi connectivity index (χ1n) is 38.0. The van der Waals surface area contributed by atoms with Gasteiger partial charge in [0.25, 0.3) is 0 Å². The van der Waals surface area contributed by atoms with Crippen molar-refractivity contribution in [2.75, 3.05) is 40.3 Å². The van der Waals surface area contributed by atoms with E-state index in [-0.39, 0.29) is 40.9 Å². The van der Waals surface area contributed by atoms with Crippen molar-refractivity contribution >= 4 is 46.8 Å². The maximum Gasteiger partial charge on any atom is 0.225 e. The standard InChI is InChI=1S/C11H21NO.2C11H20O.C10H19NO.C10H21NO.C10H20O.C9H17NO.C9H18O/c1-8(2)9(3)11(13)12(4)10-6-5-7-10;1-8(2)11(3,4)10(12)7-9-5-6-9;1-8(2)9(3)11(12)7-10-5-4-6-10;1-8(2)9(3)10(12)11-6-4-5-7-11;1-7(2)9(5)10(12)11(6)8(3)4;1-7(2)6-10(11)9(5)8(3)4;1-8(2)7-9(11)10-5-3-4-6-10;1-7(2)5-9(10)6-8(3)4/h8-10H,5-7H2,1-4H3;8-9H,5-7H2,1-4H3;8-10H,4-7H2,1-3H3;8-9H,4-7H2,1-3H3;7-9H,1-6H3;7-9H,6H2,1-5H3;8H,3-7H2,1-2H3;7-8H,5-6H2,1-4H3. The molecule has 5 fully saturated rings. The highest BCUT2D eigenvalue weighted by molar-refractivity contribution is 5.85. The van der Waals surface area contributed by atoms with E-state index in [0.29, 0.717) is 112 Å². The Balaban J connectivity index is -0.000000997. The summed E-state index contributed by atoms with van der Waals surface area (Å²) in [5, 5.41) is 0. The lowest BCUT2D eigenvalue weighted by Gasteiger charge is -2.36. The maximum absolute atomic E-state index is 11.8. The molecule has 0 aromatic carbocycles. The second kappa shape index (κ2) is 49.1. The average Bonchev–Trinajstić information content (AvgIpc) is 1.86. The van der Waals surface area contributed by atoms with Gasteiger partial charge in [0.1, 0.15) is 23.1 Å². The number of carbonyl (C=O) groups is 8. The van der Waals surface area contributed by atoms with Crippen molar-refractivity contribution in [2.45, 2.75) is 328 Å². The molecule has 2 saturated heterocycles. The summed E-state index contributed by atoms with van der Waals surface area (Å²) in [5.74, 6) is 10.4. The fraction of sp³-hybridized carbons (Fsp3) is 0.901. The fourth-order valence-electron chi connectivity index (χ4n) is 10.0. The number of hydrogen-bond donors (Lipinski definition) is 0. The van der Waals surface area contributed by atoms with Gasteiger partial charge in [-0.05, 0) is 143 Å². The van der Waals surface area contributed by atoms with Crippen molar-refractivity contribution in [2.24, 2.45) is 106 Å². The second-order valence-corrected chi connectivity index (χ2v) is 33.7. The smallest absolute Gasteiger partial charge is 0.225 e. The first kappa shape index (κ1) is 93.7. The number of ketones is 4. The molecule has 3 saturated carbocycles. The summed E-state index contributed by atoms with van der Waals surface area (Å²) in [7, 11) is 3.82. The minimum absolute atomic E-state index is 0.109. The summed E-state index contributed by atoms with van der Waals surface area (Å²) in [6.45, 7) is 64.3. The lowest BCUT2D eigenvalue weighted by Crippen LogP contribution is -2.44. The molecular weight excluding hydrogens is 1160 g/mol. The number of nitrogens with zero attached hydrogens (tertiary/aromatic N) is 4. The van der Waals surface area contributed by atoms with Crippen LogP contribution in [-0.4, -0.2) is 119 Å². The number of hydrogen-bond acceptors (Lipinski definition) is 8. The van der Waals surface area contributed by atoms with Gasteiger partial charge in [0.05, 0.1) is 0 Å². The largest absolute Gasteiger partial charge is 0.343 e. The van der Waals surface area contributed by atoms with Crippen molar-refractivity contribution in [3.63, 3.8) is 0 Å². The second-order valence-electron chi connectivity index (χ2n) is 33.7. The summed E-state index contributed by atoms with van der Waals surface area (Å²) in [6, 6.07) is 0.840. The van der Waals surface area contributed by atoms with Gasteiger partial charge in [-0.3, -0.25) is 38.4 Å². The van der Waals surface area contributed by atoms with Crippen LogP contribution < -0.4 is 0 Å². The molecule has 12 nitrogen and oxygen atoms in total. The van der Waals surface area contributed by atoms with E-state index >= 15 is 0 Å². The zero-order chi connectivity index (χ0) is 73.0. The Morgan fingerprint density at radius 2 is 0.742 bits per heavy atom. The zero-order valence-corrected chi connectivity index (χ0v) is 67.1. The van der Waals surface area contributed by atoms with Crippen LogP contribution in [0.25, 0.3) is 0 Å². The molecule has 12 heteroatoms. The summed E-state index contributed by atoms with van der Waals surface area (Å²) >= 11 is 0.